The lowest BCUT2D eigenvalue weighted by Crippen LogP contribution is -2.06. The molecule has 1 heterocycles. The number of nitrogens with zero attached hydrogens (tertiary/aromatic N) is 4. The van der Waals surface area contributed by atoms with Crippen LogP contribution < -0.4 is 10.1 Å². The lowest BCUT2D eigenvalue weighted by Gasteiger charge is -2.06. The first-order valence-corrected chi connectivity index (χ1v) is 5.49. The number of aromatic nitrogens is 4. The van der Waals surface area contributed by atoms with Crippen LogP contribution in [0.15, 0.2) is 24.3 Å². The molecule has 90 valence electrons. The predicted molar refractivity (Wildman–Crippen MR) is 64.1 cm³/mol. The maximum Gasteiger partial charge on any atom is 0.242 e. The zero-order valence-electron chi connectivity index (χ0n) is 9.92. The Balaban J connectivity index is 2.08. The molecule has 0 unspecified atom stereocenters. The summed E-state index contributed by atoms with van der Waals surface area (Å²) in [6, 6.07) is 7.91. The van der Waals surface area contributed by atoms with Gasteiger partial charge in [0.05, 0.1) is 13.2 Å². The van der Waals surface area contributed by atoms with E-state index in [1.165, 1.54) is 0 Å². The van der Waals surface area contributed by atoms with Crippen LogP contribution in [0, 0.1) is 0 Å². The standard InChI is InChI=1S/C11H15N5O/c1-3-17-10-6-4-9(5-7-10)8-16-11(12-2)13-14-15-16/h4-7H,3,8H2,1-2H3,(H,12,13,15). The molecule has 0 fully saturated rings. The van der Waals surface area contributed by atoms with E-state index in [0.29, 0.717) is 19.1 Å². The average molecular weight is 233 g/mol. The van der Waals surface area contributed by atoms with Crippen molar-refractivity contribution in [3.8, 4) is 5.75 Å². The van der Waals surface area contributed by atoms with Crippen molar-refractivity contribution >= 4 is 5.95 Å². The summed E-state index contributed by atoms with van der Waals surface area (Å²) in [7, 11) is 1.79. The van der Waals surface area contributed by atoms with Gasteiger partial charge in [-0.15, -0.1) is 0 Å². The molecular formula is C11H15N5O. The van der Waals surface area contributed by atoms with Gasteiger partial charge >= 0.3 is 0 Å². The van der Waals surface area contributed by atoms with Gasteiger partial charge in [0.2, 0.25) is 5.95 Å². The Labute approximate surface area is 99.6 Å². The van der Waals surface area contributed by atoms with Crippen LogP contribution in [-0.4, -0.2) is 33.9 Å². The minimum absolute atomic E-state index is 0.635. The molecule has 17 heavy (non-hydrogen) atoms. The number of tetrazole rings is 1. The second-order valence-electron chi connectivity index (χ2n) is 3.49. The van der Waals surface area contributed by atoms with E-state index in [4.69, 9.17) is 4.74 Å². The molecular weight excluding hydrogens is 218 g/mol. The highest BCUT2D eigenvalue weighted by atomic mass is 16.5. The first-order chi connectivity index (χ1) is 8.33. The van der Waals surface area contributed by atoms with Crippen molar-refractivity contribution in [3.05, 3.63) is 29.8 Å². The zero-order chi connectivity index (χ0) is 12.1. The predicted octanol–water partition coefficient (Wildman–Crippen LogP) is 1.16. The molecule has 0 atom stereocenters. The summed E-state index contributed by atoms with van der Waals surface area (Å²) in [5.41, 5.74) is 1.12. The molecule has 0 aliphatic heterocycles. The monoisotopic (exact) mass is 233 g/mol. The van der Waals surface area contributed by atoms with Crippen molar-refractivity contribution in [2.45, 2.75) is 13.5 Å². The van der Waals surface area contributed by atoms with Crippen molar-refractivity contribution in [2.75, 3.05) is 19.0 Å². The molecule has 0 aliphatic carbocycles. The number of hydrogen-bond donors (Lipinski definition) is 1. The number of rotatable bonds is 5. The minimum atomic E-state index is 0.635. The Kier molecular flexibility index (Phi) is 3.54. The van der Waals surface area contributed by atoms with Gasteiger partial charge in [-0.2, -0.15) is 0 Å². The molecule has 0 amide bonds. The average Bonchev–Trinajstić information content (AvgIpc) is 2.79. The molecule has 1 aromatic heterocycles. The molecule has 0 radical (unpaired) electrons. The minimum Gasteiger partial charge on any atom is -0.494 e. The first kappa shape index (κ1) is 11.4. The van der Waals surface area contributed by atoms with Crippen molar-refractivity contribution in [3.63, 3.8) is 0 Å². The van der Waals surface area contributed by atoms with E-state index in [2.05, 4.69) is 20.8 Å². The Morgan fingerprint density at radius 1 is 1.29 bits per heavy atom. The van der Waals surface area contributed by atoms with Gasteiger partial charge in [0.15, 0.2) is 0 Å². The van der Waals surface area contributed by atoms with E-state index in [1.807, 2.05) is 31.2 Å². The molecule has 1 aromatic carbocycles. The van der Waals surface area contributed by atoms with Crippen LogP contribution in [0.5, 0.6) is 5.75 Å². The summed E-state index contributed by atoms with van der Waals surface area (Å²) < 4.78 is 7.09. The fourth-order valence-electron chi connectivity index (χ4n) is 1.52. The van der Waals surface area contributed by atoms with Crippen molar-refractivity contribution in [2.24, 2.45) is 0 Å². The maximum absolute atomic E-state index is 5.38. The Hall–Kier alpha value is -2.11. The third kappa shape index (κ3) is 2.72. The smallest absolute Gasteiger partial charge is 0.242 e. The van der Waals surface area contributed by atoms with E-state index in [1.54, 1.807) is 11.7 Å². The molecule has 1 N–H and O–H groups in total. The molecule has 0 bridgehead atoms. The molecule has 2 aromatic rings. The summed E-state index contributed by atoms with van der Waals surface area (Å²) in [4.78, 5) is 0. The van der Waals surface area contributed by atoms with Gasteiger partial charge in [0.25, 0.3) is 0 Å². The first-order valence-electron chi connectivity index (χ1n) is 5.49. The van der Waals surface area contributed by atoms with Gasteiger partial charge in [-0.3, -0.25) is 0 Å². The second-order valence-corrected chi connectivity index (χ2v) is 3.49. The van der Waals surface area contributed by atoms with Gasteiger partial charge in [-0.1, -0.05) is 17.2 Å². The quantitative estimate of drug-likeness (QED) is 0.839. The van der Waals surface area contributed by atoms with Crippen LogP contribution in [0.2, 0.25) is 0 Å². The van der Waals surface area contributed by atoms with Gasteiger partial charge < -0.3 is 10.1 Å². The van der Waals surface area contributed by atoms with Crippen molar-refractivity contribution in [1.29, 1.82) is 0 Å². The summed E-state index contributed by atoms with van der Waals surface area (Å²) in [5, 5.41) is 14.3. The van der Waals surface area contributed by atoms with Crippen LogP contribution in [0.4, 0.5) is 5.95 Å². The highest BCUT2D eigenvalue weighted by Gasteiger charge is 2.04. The van der Waals surface area contributed by atoms with E-state index < -0.39 is 0 Å². The SMILES string of the molecule is CCOc1ccc(Cn2nnnc2NC)cc1. The maximum atomic E-state index is 5.38. The molecule has 0 aliphatic rings. The number of nitrogens with one attached hydrogen (secondary N) is 1. The lowest BCUT2D eigenvalue weighted by atomic mass is 10.2. The Morgan fingerprint density at radius 2 is 2.06 bits per heavy atom. The number of ether oxygens (including phenoxy) is 1. The van der Waals surface area contributed by atoms with E-state index >= 15 is 0 Å². The highest BCUT2D eigenvalue weighted by Crippen LogP contribution is 2.13. The topological polar surface area (TPSA) is 64.9 Å². The Morgan fingerprint density at radius 3 is 2.71 bits per heavy atom. The van der Waals surface area contributed by atoms with Crippen LogP contribution in [0.3, 0.4) is 0 Å². The lowest BCUT2D eigenvalue weighted by molar-refractivity contribution is 0.340. The van der Waals surface area contributed by atoms with Crippen LogP contribution in [0.1, 0.15) is 12.5 Å². The van der Waals surface area contributed by atoms with Crippen LogP contribution in [-0.2, 0) is 6.54 Å². The van der Waals surface area contributed by atoms with Crippen LogP contribution in [0.25, 0.3) is 0 Å². The van der Waals surface area contributed by atoms with E-state index in [0.717, 1.165) is 11.3 Å². The third-order valence-electron chi connectivity index (χ3n) is 2.32. The number of anilines is 1. The van der Waals surface area contributed by atoms with Crippen LogP contribution >= 0.6 is 0 Å². The zero-order valence-corrected chi connectivity index (χ0v) is 9.92. The number of hydrogen-bond acceptors (Lipinski definition) is 5. The second kappa shape index (κ2) is 5.29. The molecule has 6 nitrogen and oxygen atoms in total. The van der Waals surface area contributed by atoms with Gasteiger partial charge in [-0.25, -0.2) is 4.68 Å². The molecule has 0 spiro atoms. The summed E-state index contributed by atoms with van der Waals surface area (Å²) >= 11 is 0. The van der Waals surface area contributed by atoms with Gasteiger partial charge in [0, 0.05) is 7.05 Å². The highest BCUT2D eigenvalue weighted by molar-refractivity contribution is 5.28. The fourth-order valence-corrected chi connectivity index (χ4v) is 1.52. The summed E-state index contributed by atoms with van der Waals surface area (Å²) in [6.07, 6.45) is 0. The number of benzene rings is 1. The van der Waals surface area contributed by atoms with Gasteiger partial charge in [0.1, 0.15) is 5.75 Å². The molecule has 0 saturated heterocycles. The summed E-state index contributed by atoms with van der Waals surface area (Å²) in [6.45, 7) is 3.28. The summed E-state index contributed by atoms with van der Waals surface area (Å²) in [5.74, 6) is 1.53. The Bertz CT molecular complexity index is 465. The van der Waals surface area contributed by atoms with E-state index in [-0.39, 0.29) is 0 Å². The molecule has 0 saturated carbocycles. The molecule has 6 heteroatoms. The molecule has 2 rings (SSSR count). The van der Waals surface area contributed by atoms with E-state index in [9.17, 15) is 0 Å². The largest absolute Gasteiger partial charge is 0.494 e. The third-order valence-corrected chi connectivity index (χ3v) is 2.32. The normalized spacial score (nSPS) is 10.2. The van der Waals surface area contributed by atoms with Gasteiger partial charge in [-0.05, 0) is 35.0 Å². The van der Waals surface area contributed by atoms with Crippen molar-refractivity contribution in [1.82, 2.24) is 20.2 Å². The van der Waals surface area contributed by atoms with Crippen molar-refractivity contribution < 1.29 is 4.74 Å². The fraction of sp³-hybridized carbons (Fsp3) is 0.364.